The Morgan fingerprint density at radius 3 is 2.76 bits per heavy atom. The number of nitrogens with zero attached hydrogens (tertiary/aromatic N) is 1. The highest BCUT2D eigenvalue weighted by molar-refractivity contribution is 6.30. The lowest BCUT2D eigenvalue weighted by molar-refractivity contribution is -0.134. The third kappa shape index (κ3) is 5.82. The van der Waals surface area contributed by atoms with Crippen molar-refractivity contribution in [1.29, 1.82) is 0 Å². The first-order chi connectivity index (χ1) is 14.1. The average Bonchev–Trinajstić information content (AvgIpc) is 3.16. The maximum Gasteiger partial charge on any atom is 0.330 e. The number of aryl methyl sites for hydroxylation is 1. The molecular formula is C23H26ClNO4. The summed E-state index contributed by atoms with van der Waals surface area (Å²) in [6.07, 6.45) is 5.17. The highest BCUT2D eigenvalue weighted by Crippen LogP contribution is 2.36. The molecular weight excluding hydrogens is 390 g/mol. The lowest BCUT2D eigenvalue weighted by atomic mass is 10.0. The Bertz CT molecular complexity index is 850. The zero-order valence-corrected chi connectivity index (χ0v) is 17.3. The minimum Gasteiger partial charge on any atom is -0.492 e. The molecule has 1 aliphatic carbocycles. The van der Waals surface area contributed by atoms with Crippen LogP contribution in [0.3, 0.4) is 0 Å². The second kappa shape index (κ2) is 10.4. The van der Waals surface area contributed by atoms with Crippen LogP contribution in [-0.4, -0.2) is 49.4 Å². The molecule has 2 aromatic carbocycles. The molecule has 3 rings (SSSR count). The van der Waals surface area contributed by atoms with E-state index in [0.29, 0.717) is 18.2 Å². The number of aliphatic hydroxyl groups excluding tert-OH is 1. The normalized spacial score (nSPS) is 15.7. The zero-order chi connectivity index (χ0) is 20.6. The quantitative estimate of drug-likeness (QED) is 0.497. The molecule has 29 heavy (non-hydrogen) atoms. The van der Waals surface area contributed by atoms with Crippen molar-refractivity contribution < 1.29 is 19.4 Å². The molecule has 0 amide bonds. The van der Waals surface area contributed by atoms with Crippen molar-refractivity contribution in [2.75, 3.05) is 33.4 Å². The van der Waals surface area contributed by atoms with E-state index in [4.69, 9.17) is 16.3 Å². The Kier molecular flexibility index (Phi) is 7.69. The molecule has 0 fully saturated rings. The van der Waals surface area contributed by atoms with Gasteiger partial charge in [0.05, 0.1) is 13.7 Å². The molecule has 1 unspecified atom stereocenters. The molecule has 0 heterocycles. The fraction of sp³-hybridized carbons (Fsp3) is 0.348. The number of carbonyl (C=O) groups is 1. The van der Waals surface area contributed by atoms with Crippen LogP contribution in [0.2, 0.25) is 5.02 Å². The molecule has 5 nitrogen and oxygen atoms in total. The SMILES string of the molecule is COC(=O)/C=C/c1ccc2c(c1)CCC2N(CCO)CCOc1ccc(Cl)cc1. The maximum absolute atomic E-state index is 11.3. The molecule has 0 saturated carbocycles. The first kappa shape index (κ1) is 21.4. The summed E-state index contributed by atoms with van der Waals surface area (Å²) in [6.45, 7) is 1.95. The van der Waals surface area contributed by atoms with E-state index >= 15 is 0 Å². The van der Waals surface area contributed by atoms with E-state index in [-0.39, 0.29) is 18.6 Å². The average molecular weight is 416 g/mol. The number of hydrogen-bond acceptors (Lipinski definition) is 5. The molecule has 2 aromatic rings. The van der Waals surface area contributed by atoms with Gasteiger partial charge in [0.15, 0.2) is 0 Å². The van der Waals surface area contributed by atoms with Crippen LogP contribution in [0.1, 0.15) is 29.2 Å². The molecule has 1 aliphatic rings. The number of esters is 1. The van der Waals surface area contributed by atoms with Crippen LogP contribution in [0.5, 0.6) is 5.75 Å². The van der Waals surface area contributed by atoms with E-state index in [0.717, 1.165) is 30.7 Å². The lowest BCUT2D eigenvalue weighted by Gasteiger charge is -2.29. The van der Waals surface area contributed by atoms with Gasteiger partial charge in [-0.15, -0.1) is 0 Å². The number of halogens is 1. The van der Waals surface area contributed by atoms with Gasteiger partial charge in [0, 0.05) is 30.2 Å². The summed E-state index contributed by atoms with van der Waals surface area (Å²) in [5.74, 6) is 0.422. The summed E-state index contributed by atoms with van der Waals surface area (Å²) in [5.41, 5.74) is 3.54. The fourth-order valence-corrected chi connectivity index (χ4v) is 3.82. The van der Waals surface area contributed by atoms with E-state index in [2.05, 4.69) is 21.8 Å². The first-order valence-corrected chi connectivity index (χ1v) is 10.1. The van der Waals surface area contributed by atoms with Crippen LogP contribution in [0.4, 0.5) is 0 Å². The number of methoxy groups -OCH3 is 1. The summed E-state index contributed by atoms with van der Waals surface area (Å²) < 4.78 is 10.5. The first-order valence-electron chi connectivity index (χ1n) is 9.73. The smallest absolute Gasteiger partial charge is 0.330 e. The van der Waals surface area contributed by atoms with Crippen molar-refractivity contribution in [2.45, 2.75) is 18.9 Å². The molecule has 0 aliphatic heterocycles. The predicted octanol–water partition coefficient (Wildman–Crippen LogP) is 3.89. The lowest BCUT2D eigenvalue weighted by Crippen LogP contribution is -2.34. The number of benzene rings is 2. The van der Waals surface area contributed by atoms with E-state index in [1.165, 1.54) is 24.3 Å². The van der Waals surface area contributed by atoms with Gasteiger partial charge in [0.1, 0.15) is 12.4 Å². The molecule has 1 atom stereocenters. The molecule has 154 valence electrons. The van der Waals surface area contributed by atoms with Gasteiger partial charge in [-0.3, -0.25) is 4.90 Å². The second-order valence-electron chi connectivity index (χ2n) is 6.93. The number of hydrogen-bond donors (Lipinski definition) is 1. The second-order valence-corrected chi connectivity index (χ2v) is 7.37. The Labute approximate surface area is 176 Å². The van der Waals surface area contributed by atoms with Crippen LogP contribution >= 0.6 is 11.6 Å². The highest BCUT2D eigenvalue weighted by Gasteiger charge is 2.27. The standard InChI is InChI=1S/C23H26ClNO4/c1-28-23(27)11-3-17-2-9-21-18(16-17)4-10-22(21)25(12-14-26)13-15-29-20-7-5-19(24)6-8-20/h2-3,5-9,11,16,22,26H,4,10,12-15H2,1H3/b11-3+. The summed E-state index contributed by atoms with van der Waals surface area (Å²) >= 11 is 5.91. The summed E-state index contributed by atoms with van der Waals surface area (Å²) in [6, 6.07) is 13.8. The maximum atomic E-state index is 11.3. The van der Waals surface area contributed by atoms with Crippen molar-refractivity contribution in [3.05, 3.63) is 70.3 Å². The Balaban J connectivity index is 1.64. The molecule has 0 spiro atoms. The van der Waals surface area contributed by atoms with E-state index in [9.17, 15) is 9.90 Å². The topological polar surface area (TPSA) is 59.0 Å². The van der Waals surface area contributed by atoms with Crippen molar-refractivity contribution in [2.24, 2.45) is 0 Å². The van der Waals surface area contributed by atoms with Crippen LogP contribution in [0.15, 0.2) is 48.5 Å². The third-order valence-electron chi connectivity index (χ3n) is 5.12. The zero-order valence-electron chi connectivity index (χ0n) is 16.5. The van der Waals surface area contributed by atoms with Crippen LogP contribution in [-0.2, 0) is 16.0 Å². The van der Waals surface area contributed by atoms with Crippen LogP contribution in [0, 0.1) is 0 Å². The summed E-state index contributed by atoms with van der Waals surface area (Å²) in [7, 11) is 1.37. The molecule has 0 bridgehead atoms. The molecule has 0 radical (unpaired) electrons. The number of aliphatic hydroxyl groups is 1. The van der Waals surface area contributed by atoms with Gasteiger partial charge in [-0.05, 0) is 59.9 Å². The van der Waals surface area contributed by atoms with Gasteiger partial charge in [-0.25, -0.2) is 4.79 Å². The van der Waals surface area contributed by atoms with E-state index in [1.54, 1.807) is 6.08 Å². The number of fused-ring (bicyclic) bond motifs is 1. The summed E-state index contributed by atoms with van der Waals surface area (Å²) in [5, 5.41) is 10.2. The molecule has 1 N–H and O–H groups in total. The Hall–Kier alpha value is -2.34. The summed E-state index contributed by atoms with van der Waals surface area (Å²) in [4.78, 5) is 13.6. The fourth-order valence-electron chi connectivity index (χ4n) is 3.69. The Morgan fingerprint density at radius 2 is 2.03 bits per heavy atom. The van der Waals surface area contributed by atoms with Gasteiger partial charge < -0.3 is 14.6 Å². The van der Waals surface area contributed by atoms with E-state index in [1.807, 2.05) is 30.3 Å². The number of rotatable bonds is 9. The van der Waals surface area contributed by atoms with Gasteiger partial charge in [-0.1, -0.05) is 29.8 Å². The van der Waals surface area contributed by atoms with Gasteiger partial charge in [0.2, 0.25) is 0 Å². The van der Waals surface area contributed by atoms with Gasteiger partial charge >= 0.3 is 5.97 Å². The molecule has 6 heteroatoms. The van der Waals surface area contributed by atoms with Gasteiger partial charge in [-0.2, -0.15) is 0 Å². The van der Waals surface area contributed by atoms with Crippen molar-refractivity contribution in [3.63, 3.8) is 0 Å². The van der Waals surface area contributed by atoms with Crippen LogP contribution in [0.25, 0.3) is 6.08 Å². The predicted molar refractivity (Wildman–Crippen MR) is 114 cm³/mol. The highest BCUT2D eigenvalue weighted by atomic mass is 35.5. The minimum absolute atomic E-state index is 0.104. The Morgan fingerprint density at radius 1 is 1.24 bits per heavy atom. The monoisotopic (exact) mass is 415 g/mol. The van der Waals surface area contributed by atoms with Crippen molar-refractivity contribution >= 4 is 23.6 Å². The largest absolute Gasteiger partial charge is 0.492 e. The number of carbonyl (C=O) groups excluding carboxylic acids is 1. The van der Waals surface area contributed by atoms with Crippen molar-refractivity contribution in [1.82, 2.24) is 4.90 Å². The molecule has 0 aromatic heterocycles. The number of ether oxygens (including phenoxy) is 2. The van der Waals surface area contributed by atoms with Gasteiger partial charge in [0.25, 0.3) is 0 Å². The van der Waals surface area contributed by atoms with Crippen LogP contribution < -0.4 is 4.74 Å². The van der Waals surface area contributed by atoms with Crippen molar-refractivity contribution in [3.8, 4) is 5.75 Å². The van der Waals surface area contributed by atoms with E-state index < -0.39 is 0 Å². The minimum atomic E-state index is -0.363. The molecule has 0 saturated heterocycles. The third-order valence-corrected chi connectivity index (χ3v) is 5.37.